The summed E-state index contributed by atoms with van der Waals surface area (Å²) in [5.74, 6) is 0. The van der Waals surface area contributed by atoms with E-state index >= 15 is 0 Å². The Bertz CT molecular complexity index is 628. The van der Waals surface area contributed by atoms with Gasteiger partial charge in [-0.05, 0) is 37.5 Å². The van der Waals surface area contributed by atoms with Gasteiger partial charge in [0.05, 0.1) is 11.6 Å². The molecule has 1 fully saturated rings. The lowest BCUT2D eigenvalue weighted by Gasteiger charge is -2.31. The van der Waals surface area contributed by atoms with Crippen LogP contribution < -0.4 is 4.72 Å². The van der Waals surface area contributed by atoms with E-state index in [1.165, 1.54) is 10.7 Å². The first-order chi connectivity index (χ1) is 10.4. The number of hydrogen-bond donors (Lipinski definition) is 1. The topological polar surface area (TPSA) is 73.2 Å². The lowest BCUT2D eigenvalue weighted by Crippen LogP contribution is -2.45. The van der Waals surface area contributed by atoms with E-state index in [9.17, 15) is 8.42 Å². The molecule has 5 nitrogen and oxygen atoms in total. The molecule has 1 aromatic rings. The zero-order valence-corrected chi connectivity index (χ0v) is 13.9. The van der Waals surface area contributed by atoms with Gasteiger partial charge in [0.15, 0.2) is 0 Å². The third-order valence-corrected chi connectivity index (χ3v) is 6.04. The summed E-state index contributed by atoms with van der Waals surface area (Å²) >= 11 is 0. The van der Waals surface area contributed by atoms with Crippen molar-refractivity contribution in [2.24, 2.45) is 0 Å². The van der Waals surface area contributed by atoms with Gasteiger partial charge in [0.1, 0.15) is 0 Å². The lowest BCUT2D eigenvalue weighted by molar-refractivity contribution is 0.281. The second-order valence-electron chi connectivity index (χ2n) is 5.89. The molecule has 1 aromatic carbocycles. The second kappa shape index (κ2) is 7.23. The van der Waals surface area contributed by atoms with E-state index in [-0.39, 0.29) is 12.1 Å². The van der Waals surface area contributed by atoms with E-state index in [2.05, 4.69) is 10.8 Å². The Hall–Kier alpha value is -1.42. The van der Waals surface area contributed by atoms with E-state index in [0.29, 0.717) is 5.56 Å². The molecule has 0 amide bonds. The van der Waals surface area contributed by atoms with Crippen molar-refractivity contribution in [1.29, 1.82) is 5.26 Å². The van der Waals surface area contributed by atoms with Crippen molar-refractivity contribution >= 4 is 10.2 Å². The third-order valence-electron chi connectivity index (χ3n) is 4.33. The quantitative estimate of drug-likeness (QED) is 0.906. The first-order valence-electron chi connectivity index (χ1n) is 7.69. The van der Waals surface area contributed by atoms with Crippen LogP contribution in [-0.2, 0) is 10.2 Å². The first kappa shape index (κ1) is 16.9. The minimum absolute atomic E-state index is 0.0967. The highest BCUT2D eigenvalue weighted by Gasteiger charge is 2.28. The monoisotopic (exact) mass is 321 g/mol. The van der Waals surface area contributed by atoms with Crippen LogP contribution in [0.15, 0.2) is 24.3 Å². The molecule has 1 aliphatic rings. The molecule has 1 aliphatic carbocycles. The summed E-state index contributed by atoms with van der Waals surface area (Å²) in [6.07, 6.45) is 5.25. The fraction of sp³-hybridized carbons (Fsp3) is 0.562. The van der Waals surface area contributed by atoms with Crippen LogP contribution in [0.3, 0.4) is 0 Å². The highest BCUT2D eigenvalue weighted by molar-refractivity contribution is 7.87. The average Bonchev–Trinajstić information content (AvgIpc) is 2.54. The summed E-state index contributed by atoms with van der Waals surface area (Å²) in [5.41, 5.74) is 1.41. The van der Waals surface area contributed by atoms with Gasteiger partial charge in [-0.15, -0.1) is 0 Å². The average molecular weight is 321 g/mol. The van der Waals surface area contributed by atoms with Crippen LogP contribution in [0.2, 0.25) is 0 Å². The molecule has 1 atom stereocenters. The summed E-state index contributed by atoms with van der Waals surface area (Å²) in [6, 6.07) is 8.79. The highest BCUT2D eigenvalue weighted by atomic mass is 32.2. The number of nitrogens with zero attached hydrogens (tertiary/aromatic N) is 2. The largest absolute Gasteiger partial charge is 0.279 e. The number of rotatable bonds is 5. The van der Waals surface area contributed by atoms with Gasteiger partial charge in [-0.1, -0.05) is 31.4 Å². The van der Waals surface area contributed by atoms with E-state index in [1.807, 2.05) is 6.92 Å². The zero-order valence-electron chi connectivity index (χ0n) is 13.1. The van der Waals surface area contributed by atoms with Crippen molar-refractivity contribution in [2.75, 3.05) is 7.05 Å². The normalized spacial score (nSPS) is 18.1. The molecule has 0 aliphatic heterocycles. The molecule has 0 radical (unpaired) electrons. The Morgan fingerprint density at radius 3 is 2.36 bits per heavy atom. The van der Waals surface area contributed by atoms with Crippen molar-refractivity contribution in [2.45, 2.75) is 51.1 Å². The summed E-state index contributed by atoms with van der Waals surface area (Å²) in [4.78, 5) is 0. The van der Waals surface area contributed by atoms with Gasteiger partial charge in [0.2, 0.25) is 0 Å². The van der Waals surface area contributed by atoms with Crippen LogP contribution in [0.25, 0.3) is 0 Å². The maximum Gasteiger partial charge on any atom is 0.279 e. The Kier molecular flexibility index (Phi) is 5.57. The molecular formula is C16H23N3O2S. The SMILES string of the molecule is C[C@@H](NS(=O)(=O)N(C)C1CCCCC1)c1ccc(C#N)cc1. The van der Waals surface area contributed by atoms with Crippen LogP contribution >= 0.6 is 0 Å². The van der Waals surface area contributed by atoms with Gasteiger partial charge in [-0.2, -0.15) is 22.7 Å². The molecule has 0 heterocycles. The fourth-order valence-electron chi connectivity index (χ4n) is 2.86. The van der Waals surface area contributed by atoms with Gasteiger partial charge in [0.25, 0.3) is 10.2 Å². The fourth-order valence-corrected chi connectivity index (χ4v) is 4.21. The molecule has 0 aromatic heterocycles. The molecule has 6 heteroatoms. The second-order valence-corrected chi connectivity index (χ2v) is 7.65. The number of nitriles is 1. The predicted octanol–water partition coefficient (Wildman–Crippen LogP) is 2.72. The van der Waals surface area contributed by atoms with E-state index < -0.39 is 10.2 Å². The first-order valence-corrected chi connectivity index (χ1v) is 9.13. The minimum atomic E-state index is -3.50. The van der Waals surface area contributed by atoms with Crippen LogP contribution in [0, 0.1) is 11.3 Å². The Balaban J connectivity index is 2.04. The van der Waals surface area contributed by atoms with E-state index in [0.717, 1.165) is 31.2 Å². The molecule has 1 N–H and O–H groups in total. The summed E-state index contributed by atoms with van der Waals surface area (Å²) in [7, 11) is -1.85. The molecule has 0 bridgehead atoms. The predicted molar refractivity (Wildman–Crippen MR) is 86.3 cm³/mol. The lowest BCUT2D eigenvalue weighted by atomic mass is 9.96. The molecule has 22 heavy (non-hydrogen) atoms. The maximum absolute atomic E-state index is 12.5. The van der Waals surface area contributed by atoms with Crippen LogP contribution in [0.1, 0.15) is 56.2 Å². The maximum atomic E-state index is 12.5. The van der Waals surface area contributed by atoms with Crippen LogP contribution in [0.5, 0.6) is 0 Å². The highest BCUT2D eigenvalue weighted by Crippen LogP contribution is 2.24. The van der Waals surface area contributed by atoms with Crippen molar-refractivity contribution in [3.63, 3.8) is 0 Å². The molecular weight excluding hydrogens is 298 g/mol. The third kappa shape index (κ3) is 4.07. The molecule has 120 valence electrons. The molecule has 1 saturated carbocycles. The summed E-state index contributed by atoms with van der Waals surface area (Å²) in [5, 5.41) is 8.80. The van der Waals surface area contributed by atoms with Gasteiger partial charge in [-0.25, -0.2) is 0 Å². The van der Waals surface area contributed by atoms with Gasteiger partial charge < -0.3 is 0 Å². The van der Waals surface area contributed by atoms with Crippen molar-refractivity contribution in [3.05, 3.63) is 35.4 Å². The van der Waals surface area contributed by atoms with Crippen molar-refractivity contribution < 1.29 is 8.42 Å². The molecule has 0 saturated heterocycles. The van der Waals surface area contributed by atoms with Gasteiger partial charge in [0, 0.05) is 19.1 Å². The summed E-state index contributed by atoms with van der Waals surface area (Å²) in [6.45, 7) is 1.81. The Morgan fingerprint density at radius 1 is 1.23 bits per heavy atom. The molecule has 2 rings (SSSR count). The Labute approximate surface area is 133 Å². The minimum Gasteiger partial charge on any atom is -0.195 e. The smallest absolute Gasteiger partial charge is 0.195 e. The van der Waals surface area contributed by atoms with Gasteiger partial charge in [-0.3, -0.25) is 0 Å². The van der Waals surface area contributed by atoms with Gasteiger partial charge >= 0.3 is 0 Å². The standard InChI is InChI=1S/C16H23N3O2S/c1-13(15-10-8-14(12-17)9-11-15)18-22(20,21)19(2)16-6-4-3-5-7-16/h8-11,13,16,18H,3-7H2,1-2H3/t13-/m1/s1. The number of benzene rings is 1. The van der Waals surface area contributed by atoms with E-state index in [1.54, 1.807) is 31.3 Å². The number of nitrogens with one attached hydrogen (secondary N) is 1. The number of hydrogen-bond acceptors (Lipinski definition) is 3. The van der Waals surface area contributed by atoms with Crippen LogP contribution in [-0.4, -0.2) is 25.8 Å². The Morgan fingerprint density at radius 2 is 1.82 bits per heavy atom. The molecule has 0 spiro atoms. The zero-order chi connectivity index (χ0) is 16.2. The summed E-state index contributed by atoms with van der Waals surface area (Å²) < 4.78 is 29.2. The van der Waals surface area contributed by atoms with Crippen molar-refractivity contribution in [3.8, 4) is 6.07 Å². The van der Waals surface area contributed by atoms with E-state index in [4.69, 9.17) is 5.26 Å². The molecule has 0 unspecified atom stereocenters. The van der Waals surface area contributed by atoms with Crippen molar-refractivity contribution in [1.82, 2.24) is 9.03 Å². The van der Waals surface area contributed by atoms with Crippen LogP contribution in [0.4, 0.5) is 0 Å².